The summed E-state index contributed by atoms with van der Waals surface area (Å²) in [6.45, 7) is 1.84. The van der Waals surface area contributed by atoms with Crippen molar-refractivity contribution in [2.75, 3.05) is 23.3 Å². The molecule has 0 radical (unpaired) electrons. The van der Waals surface area contributed by atoms with E-state index in [4.69, 9.17) is 0 Å². The van der Waals surface area contributed by atoms with Crippen molar-refractivity contribution in [2.24, 2.45) is 0 Å². The molecule has 2 aromatic heterocycles. The van der Waals surface area contributed by atoms with Crippen molar-refractivity contribution < 1.29 is 9.90 Å². The number of piperidine rings is 1. The Bertz CT molecular complexity index is 1390. The van der Waals surface area contributed by atoms with Gasteiger partial charge in [0.15, 0.2) is 0 Å². The lowest BCUT2D eigenvalue weighted by atomic mass is 10.1. The van der Waals surface area contributed by atoms with Gasteiger partial charge in [0.05, 0.1) is 17.6 Å². The Morgan fingerprint density at radius 2 is 1.82 bits per heavy atom. The number of imidazole rings is 1. The smallest absolute Gasteiger partial charge is 0.267 e. The number of para-hydroxylation sites is 2. The second-order valence-electron chi connectivity index (χ2n) is 8.38. The van der Waals surface area contributed by atoms with Gasteiger partial charge in [0.2, 0.25) is 5.95 Å². The third-order valence-corrected chi connectivity index (χ3v) is 6.08. The SMILES string of the molecule is O=C(Nc1nc2ccccc2n1CO)c1cccc(Cn2nc(N3CCCCC3)ccc2=O)c1. The lowest BCUT2D eigenvalue weighted by Gasteiger charge is -2.27. The van der Waals surface area contributed by atoms with Crippen LogP contribution in [0.25, 0.3) is 11.0 Å². The number of benzene rings is 2. The third kappa shape index (κ3) is 4.42. The Kier molecular flexibility index (Phi) is 6.09. The van der Waals surface area contributed by atoms with Crippen LogP contribution in [-0.4, -0.2) is 43.4 Å². The molecule has 3 heterocycles. The van der Waals surface area contributed by atoms with Crippen molar-refractivity contribution in [3.63, 3.8) is 0 Å². The Hall–Kier alpha value is -3.98. The van der Waals surface area contributed by atoms with Crippen molar-refractivity contribution in [3.05, 3.63) is 82.1 Å². The third-order valence-electron chi connectivity index (χ3n) is 6.08. The minimum atomic E-state index is -0.353. The minimum Gasteiger partial charge on any atom is -0.376 e. The molecule has 1 aliphatic rings. The number of hydrogen-bond acceptors (Lipinski definition) is 6. The number of anilines is 2. The van der Waals surface area contributed by atoms with E-state index in [2.05, 4.69) is 20.3 Å². The topological polar surface area (TPSA) is 105 Å². The number of nitrogens with one attached hydrogen (secondary N) is 1. The summed E-state index contributed by atoms with van der Waals surface area (Å²) in [7, 11) is 0. The summed E-state index contributed by atoms with van der Waals surface area (Å²) in [5, 5.41) is 17.1. The van der Waals surface area contributed by atoms with Gasteiger partial charge in [-0.15, -0.1) is 0 Å². The van der Waals surface area contributed by atoms with E-state index in [0.717, 1.165) is 42.8 Å². The van der Waals surface area contributed by atoms with Crippen molar-refractivity contribution in [1.29, 1.82) is 0 Å². The number of carbonyl (C=O) groups is 1. The van der Waals surface area contributed by atoms with Gasteiger partial charge >= 0.3 is 0 Å². The van der Waals surface area contributed by atoms with Gasteiger partial charge in [-0.2, -0.15) is 5.10 Å². The van der Waals surface area contributed by atoms with Gasteiger partial charge < -0.3 is 10.0 Å². The van der Waals surface area contributed by atoms with Gasteiger partial charge in [0.25, 0.3) is 11.5 Å². The molecule has 9 heteroatoms. The lowest BCUT2D eigenvalue weighted by molar-refractivity contribution is 0.102. The van der Waals surface area contributed by atoms with Crippen LogP contribution in [0, 0.1) is 0 Å². The molecule has 0 unspecified atom stereocenters. The first-order chi connectivity index (χ1) is 16.6. The summed E-state index contributed by atoms with van der Waals surface area (Å²) >= 11 is 0. The number of aliphatic hydroxyl groups excluding tert-OH is 1. The molecule has 0 atom stereocenters. The quantitative estimate of drug-likeness (QED) is 0.460. The first kappa shape index (κ1) is 21.8. The zero-order chi connectivity index (χ0) is 23.5. The van der Waals surface area contributed by atoms with Gasteiger partial charge in [-0.1, -0.05) is 24.3 Å². The molecule has 4 aromatic rings. The fraction of sp³-hybridized carbons (Fsp3) is 0.280. The zero-order valence-electron chi connectivity index (χ0n) is 18.7. The number of rotatable bonds is 6. The number of aromatic nitrogens is 4. The maximum atomic E-state index is 13.0. The first-order valence-corrected chi connectivity index (χ1v) is 11.4. The molecular formula is C25H26N6O3. The van der Waals surface area contributed by atoms with Crippen molar-refractivity contribution >= 4 is 28.7 Å². The van der Waals surface area contributed by atoms with Crippen LogP contribution in [-0.2, 0) is 13.3 Å². The molecule has 0 saturated carbocycles. The van der Waals surface area contributed by atoms with Gasteiger partial charge in [-0.3, -0.25) is 19.5 Å². The Labute approximate surface area is 196 Å². The van der Waals surface area contributed by atoms with E-state index in [9.17, 15) is 14.7 Å². The Balaban J connectivity index is 1.36. The highest BCUT2D eigenvalue weighted by atomic mass is 16.3. The first-order valence-electron chi connectivity index (χ1n) is 11.4. The van der Waals surface area contributed by atoms with E-state index < -0.39 is 0 Å². The summed E-state index contributed by atoms with van der Waals surface area (Å²) in [6.07, 6.45) is 3.48. The summed E-state index contributed by atoms with van der Waals surface area (Å²) in [5.41, 5.74) is 2.43. The van der Waals surface area contributed by atoms with Gasteiger partial charge in [-0.25, -0.2) is 9.67 Å². The molecular weight excluding hydrogens is 432 g/mol. The van der Waals surface area contributed by atoms with E-state index >= 15 is 0 Å². The summed E-state index contributed by atoms with van der Waals surface area (Å²) < 4.78 is 2.97. The van der Waals surface area contributed by atoms with Crippen LogP contribution in [0.2, 0.25) is 0 Å². The summed E-state index contributed by atoms with van der Waals surface area (Å²) in [4.78, 5) is 32.0. The van der Waals surface area contributed by atoms with E-state index in [-0.39, 0.29) is 30.7 Å². The van der Waals surface area contributed by atoms with E-state index in [0.29, 0.717) is 11.1 Å². The molecule has 9 nitrogen and oxygen atoms in total. The summed E-state index contributed by atoms with van der Waals surface area (Å²) in [6, 6.07) is 17.8. The predicted molar refractivity (Wildman–Crippen MR) is 130 cm³/mol. The minimum absolute atomic E-state index is 0.188. The van der Waals surface area contributed by atoms with E-state index in [1.807, 2.05) is 30.3 Å². The second kappa shape index (κ2) is 9.48. The van der Waals surface area contributed by atoms with Crippen LogP contribution in [0.15, 0.2) is 65.5 Å². The Morgan fingerprint density at radius 3 is 2.65 bits per heavy atom. The zero-order valence-corrected chi connectivity index (χ0v) is 18.7. The van der Waals surface area contributed by atoms with Crippen LogP contribution in [0.3, 0.4) is 0 Å². The predicted octanol–water partition coefficient (Wildman–Crippen LogP) is 2.83. The van der Waals surface area contributed by atoms with Crippen molar-refractivity contribution in [1.82, 2.24) is 19.3 Å². The fourth-order valence-corrected chi connectivity index (χ4v) is 4.31. The summed E-state index contributed by atoms with van der Waals surface area (Å²) in [5.74, 6) is 0.719. The van der Waals surface area contributed by atoms with Crippen LogP contribution >= 0.6 is 0 Å². The standard InChI is InChI=1S/C25H26N6O3/c32-17-30-21-10-3-2-9-20(21)26-25(30)27-24(34)19-8-6-7-18(15-19)16-31-23(33)12-11-22(28-31)29-13-4-1-5-14-29/h2-3,6-12,15,32H,1,4-5,13-14,16-17H2,(H,26,27,34). The fourth-order valence-electron chi connectivity index (χ4n) is 4.31. The number of carbonyl (C=O) groups excluding carboxylic acids is 1. The number of aliphatic hydroxyl groups is 1. The van der Waals surface area contributed by atoms with Crippen LogP contribution in [0.1, 0.15) is 35.2 Å². The average Bonchev–Trinajstić information content (AvgIpc) is 3.23. The largest absolute Gasteiger partial charge is 0.376 e. The molecule has 0 aliphatic carbocycles. The number of amides is 1. The van der Waals surface area contributed by atoms with Crippen LogP contribution in [0.5, 0.6) is 0 Å². The Morgan fingerprint density at radius 1 is 1.00 bits per heavy atom. The maximum Gasteiger partial charge on any atom is 0.267 e. The highest BCUT2D eigenvalue weighted by molar-refractivity contribution is 6.04. The monoisotopic (exact) mass is 458 g/mol. The molecule has 1 fully saturated rings. The number of hydrogen-bond donors (Lipinski definition) is 2. The highest BCUT2D eigenvalue weighted by Crippen LogP contribution is 2.20. The van der Waals surface area contributed by atoms with E-state index in [1.165, 1.54) is 15.7 Å². The molecule has 0 bridgehead atoms. The molecule has 0 spiro atoms. The lowest BCUT2D eigenvalue weighted by Crippen LogP contribution is -2.33. The van der Waals surface area contributed by atoms with Gasteiger partial charge in [-0.05, 0) is 55.2 Å². The molecule has 2 N–H and O–H groups in total. The van der Waals surface area contributed by atoms with Crippen LogP contribution in [0.4, 0.5) is 11.8 Å². The van der Waals surface area contributed by atoms with Crippen molar-refractivity contribution in [2.45, 2.75) is 32.5 Å². The van der Waals surface area contributed by atoms with E-state index in [1.54, 1.807) is 30.3 Å². The molecule has 34 heavy (non-hydrogen) atoms. The molecule has 5 rings (SSSR count). The molecule has 1 amide bonds. The van der Waals surface area contributed by atoms with Crippen LogP contribution < -0.4 is 15.8 Å². The van der Waals surface area contributed by atoms with Gasteiger partial charge in [0.1, 0.15) is 12.5 Å². The second-order valence-corrected chi connectivity index (χ2v) is 8.38. The number of nitrogens with zero attached hydrogens (tertiary/aromatic N) is 5. The molecule has 1 aliphatic heterocycles. The average molecular weight is 459 g/mol. The maximum absolute atomic E-state index is 13.0. The highest BCUT2D eigenvalue weighted by Gasteiger charge is 2.16. The molecule has 174 valence electrons. The molecule has 1 saturated heterocycles. The molecule has 2 aromatic carbocycles. The van der Waals surface area contributed by atoms with Crippen molar-refractivity contribution in [3.8, 4) is 0 Å². The van der Waals surface area contributed by atoms with Gasteiger partial charge in [0, 0.05) is 24.7 Å². The number of fused-ring (bicyclic) bond motifs is 1. The normalized spacial score (nSPS) is 13.9.